The molecule has 0 saturated heterocycles. The first-order valence-corrected chi connectivity index (χ1v) is 7.13. The monoisotopic (exact) mass is 218 g/mol. The number of hydrogen-bond acceptors (Lipinski definition) is 2. The molecule has 0 amide bonds. The standard InChI is InChI=1S/C11H22S2/c1-3-10(2)13-9-11(8-12)6-4-5-7-11/h10,12H,3-9H2,1-2H3. The van der Waals surface area contributed by atoms with E-state index < -0.39 is 0 Å². The normalized spacial score (nSPS) is 23.3. The summed E-state index contributed by atoms with van der Waals surface area (Å²) in [6.07, 6.45) is 7.00. The van der Waals surface area contributed by atoms with E-state index in [9.17, 15) is 0 Å². The molecule has 0 aliphatic heterocycles. The quantitative estimate of drug-likeness (QED) is 0.680. The van der Waals surface area contributed by atoms with Gasteiger partial charge in [-0.1, -0.05) is 26.7 Å². The molecule has 0 nitrogen and oxygen atoms in total. The zero-order chi connectivity index (χ0) is 9.73. The Hall–Kier alpha value is 0.700. The molecular formula is C11H22S2. The Labute approximate surface area is 92.7 Å². The maximum atomic E-state index is 4.52. The van der Waals surface area contributed by atoms with Crippen molar-refractivity contribution in [1.29, 1.82) is 0 Å². The lowest BCUT2D eigenvalue weighted by Gasteiger charge is -2.27. The summed E-state index contributed by atoms with van der Waals surface area (Å²) in [6, 6.07) is 0. The fraction of sp³-hybridized carbons (Fsp3) is 1.00. The Morgan fingerprint density at radius 2 is 2.00 bits per heavy atom. The van der Waals surface area contributed by atoms with E-state index >= 15 is 0 Å². The van der Waals surface area contributed by atoms with Crippen LogP contribution in [-0.4, -0.2) is 16.8 Å². The minimum Gasteiger partial charge on any atom is -0.179 e. The number of hydrogen-bond donors (Lipinski definition) is 1. The zero-order valence-corrected chi connectivity index (χ0v) is 10.6. The van der Waals surface area contributed by atoms with E-state index in [1.54, 1.807) is 0 Å². The number of thioether (sulfide) groups is 1. The molecule has 78 valence electrons. The molecular weight excluding hydrogens is 196 g/mol. The minimum absolute atomic E-state index is 0.594. The first-order valence-electron chi connectivity index (χ1n) is 5.45. The van der Waals surface area contributed by atoms with Crippen LogP contribution in [0.2, 0.25) is 0 Å². The van der Waals surface area contributed by atoms with Gasteiger partial charge in [-0.2, -0.15) is 24.4 Å². The Bertz CT molecular complexity index is 139. The van der Waals surface area contributed by atoms with Gasteiger partial charge in [0.25, 0.3) is 0 Å². The minimum atomic E-state index is 0.594. The van der Waals surface area contributed by atoms with E-state index in [-0.39, 0.29) is 0 Å². The summed E-state index contributed by atoms with van der Waals surface area (Å²) < 4.78 is 0. The molecule has 1 atom stereocenters. The smallest absolute Gasteiger partial charge is 0.00163 e. The second-order valence-corrected chi connectivity index (χ2v) is 6.14. The van der Waals surface area contributed by atoms with Gasteiger partial charge in [0.1, 0.15) is 0 Å². The molecule has 0 spiro atoms. The van der Waals surface area contributed by atoms with Crippen molar-refractivity contribution >= 4 is 24.4 Å². The average molecular weight is 218 g/mol. The van der Waals surface area contributed by atoms with Crippen molar-refractivity contribution in [2.45, 2.75) is 51.2 Å². The van der Waals surface area contributed by atoms with Crippen LogP contribution in [0.1, 0.15) is 46.0 Å². The zero-order valence-electron chi connectivity index (χ0n) is 8.88. The van der Waals surface area contributed by atoms with Crippen molar-refractivity contribution < 1.29 is 0 Å². The highest BCUT2D eigenvalue weighted by molar-refractivity contribution is 7.99. The van der Waals surface area contributed by atoms with Crippen LogP contribution in [0.4, 0.5) is 0 Å². The van der Waals surface area contributed by atoms with Crippen molar-refractivity contribution in [1.82, 2.24) is 0 Å². The molecule has 0 heterocycles. The summed E-state index contributed by atoms with van der Waals surface area (Å²) in [7, 11) is 0. The third kappa shape index (κ3) is 3.39. The number of rotatable bonds is 5. The van der Waals surface area contributed by atoms with Crippen molar-refractivity contribution in [3.8, 4) is 0 Å². The predicted molar refractivity (Wildman–Crippen MR) is 67.0 cm³/mol. The second-order valence-electron chi connectivity index (χ2n) is 4.40. The van der Waals surface area contributed by atoms with E-state index in [2.05, 4.69) is 38.2 Å². The number of thiol groups is 1. The Morgan fingerprint density at radius 1 is 1.38 bits per heavy atom. The largest absolute Gasteiger partial charge is 0.179 e. The highest BCUT2D eigenvalue weighted by Gasteiger charge is 2.32. The molecule has 1 aliphatic rings. The van der Waals surface area contributed by atoms with E-state index in [4.69, 9.17) is 0 Å². The van der Waals surface area contributed by atoms with Gasteiger partial charge in [-0.05, 0) is 36.2 Å². The molecule has 1 unspecified atom stereocenters. The average Bonchev–Trinajstić information content (AvgIpc) is 2.63. The van der Waals surface area contributed by atoms with Crippen LogP contribution in [0, 0.1) is 5.41 Å². The molecule has 1 aliphatic carbocycles. The SMILES string of the molecule is CCC(C)SCC1(CS)CCCC1. The highest BCUT2D eigenvalue weighted by Crippen LogP contribution is 2.42. The van der Waals surface area contributed by atoms with Crippen LogP contribution < -0.4 is 0 Å². The van der Waals surface area contributed by atoms with E-state index in [0.29, 0.717) is 5.41 Å². The molecule has 0 bridgehead atoms. The fourth-order valence-electron chi connectivity index (χ4n) is 1.91. The van der Waals surface area contributed by atoms with Gasteiger partial charge in [0, 0.05) is 5.25 Å². The molecule has 1 saturated carbocycles. The summed E-state index contributed by atoms with van der Waals surface area (Å²) in [4.78, 5) is 0. The Kier molecular flexibility index (Phi) is 5.03. The summed E-state index contributed by atoms with van der Waals surface area (Å²) in [5.41, 5.74) is 0.594. The summed E-state index contributed by atoms with van der Waals surface area (Å²) >= 11 is 6.67. The highest BCUT2D eigenvalue weighted by atomic mass is 32.2. The van der Waals surface area contributed by atoms with Gasteiger partial charge in [-0.25, -0.2) is 0 Å². The van der Waals surface area contributed by atoms with Crippen molar-refractivity contribution in [2.75, 3.05) is 11.5 Å². The van der Waals surface area contributed by atoms with Crippen LogP contribution >= 0.6 is 24.4 Å². The lowest BCUT2D eigenvalue weighted by Crippen LogP contribution is -2.22. The maximum Gasteiger partial charge on any atom is 0.00163 e. The van der Waals surface area contributed by atoms with Crippen molar-refractivity contribution in [2.24, 2.45) is 5.41 Å². The fourth-order valence-corrected chi connectivity index (χ4v) is 3.75. The van der Waals surface area contributed by atoms with Gasteiger partial charge in [-0.15, -0.1) is 0 Å². The predicted octanol–water partition coefficient (Wildman–Crippen LogP) is 4.01. The van der Waals surface area contributed by atoms with Gasteiger partial charge in [0.2, 0.25) is 0 Å². The van der Waals surface area contributed by atoms with E-state index in [0.717, 1.165) is 11.0 Å². The van der Waals surface area contributed by atoms with Crippen LogP contribution in [0.15, 0.2) is 0 Å². The second kappa shape index (κ2) is 5.55. The Balaban J connectivity index is 2.31. The van der Waals surface area contributed by atoms with Gasteiger partial charge in [0.05, 0.1) is 0 Å². The molecule has 0 aromatic carbocycles. The first kappa shape index (κ1) is 11.8. The molecule has 0 aromatic heterocycles. The van der Waals surface area contributed by atoms with Crippen molar-refractivity contribution in [3.63, 3.8) is 0 Å². The van der Waals surface area contributed by atoms with E-state index in [1.807, 2.05) is 0 Å². The van der Waals surface area contributed by atoms with Crippen LogP contribution in [-0.2, 0) is 0 Å². The van der Waals surface area contributed by atoms with Gasteiger partial charge < -0.3 is 0 Å². The third-order valence-corrected chi connectivity index (χ3v) is 5.60. The molecule has 0 N–H and O–H groups in total. The molecule has 0 radical (unpaired) electrons. The van der Waals surface area contributed by atoms with Crippen LogP contribution in [0.5, 0.6) is 0 Å². The summed E-state index contributed by atoms with van der Waals surface area (Å²) in [5, 5.41) is 0.831. The molecule has 1 rings (SSSR count). The van der Waals surface area contributed by atoms with Gasteiger partial charge in [0.15, 0.2) is 0 Å². The van der Waals surface area contributed by atoms with Gasteiger partial charge >= 0.3 is 0 Å². The topological polar surface area (TPSA) is 0 Å². The van der Waals surface area contributed by atoms with E-state index in [1.165, 1.54) is 37.9 Å². The molecule has 2 heteroatoms. The molecule has 0 aromatic rings. The van der Waals surface area contributed by atoms with Gasteiger partial charge in [-0.3, -0.25) is 0 Å². The molecule has 1 fully saturated rings. The maximum absolute atomic E-state index is 4.52. The molecule has 13 heavy (non-hydrogen) atoms. The summed E-state index contributed by atoms with van der Waals surface area (Å²) in [6.45, 7) is 4.62. The lowest BCUT2D eigenvalue weighted by molar-refractivity contribution is 0.403. The van der Waals surface area contributed by atoms with Crippen LogP contribution in [0.3, 0.4) is 0 Å². The third-order valence-electron chi connectivity index (χ3n) is 3.25. The Morgan fingerprint density at radius 3 is 2.46 bits per heavy atom. The van der Waals surface area contributed by atoms with Crippen LogP contribution in [0.25, 0.3) is 0 Å². The van der Waals surface area contributed by atoms with Crippen molar-refractivity contribution in [3.05, 3.63) is 0 Å². The first-order chi connectivity index (χ1) is 6.22. The summed E-state index contributed by atoms with van der Waals surface area (Å²) in [5.74, 6) is 2.43. The lowest BCUT2D eigenvalue weighted by atomic mass is 9.91.